The van der Waals surface area contributed by atoms with E-state index in [1.807, 2.05) is 24.3 Å². The summed E-state index contributed by atoms with van der Waals surface area (Å²) in [6, 6.07) is 13.2. The molecule has 1 N–H and O–H groups in total. The average Bonchev–Trinajstić information content (AvgIpc) is 2.46. The second-order valence-corrected chi connectivity index (χ2v) is 5.55. The summed E-state index contributed by atoms with van der Waals surface area (Å²) in [5.41, 5.74) is 2.76. The summed E-state index contributed by atoms with van der Waals surface area (Å²) in [5.74, 6) is 1.11. The largest absolute Gasteiger partial charge is 0.496 e. The van der Waals surface area contributed by atoms with Crippen LogP contribution in [-0.4, -0.2) is 12.2 Å². The van der Waals surface area contributed by atoms with E-state index in [0.717, 1.165) is 5.56 Å². The fourth-order valence-electron chi connectivity index (χ4n) is 2.16. The summed E-state index contributed by atoms with van der Waals surface area (Å²) in [6.45, 7) is 4.29. The van der Waals surface area contributed by atoms with Crippen molar-refractivity contribution in [2.24, 2.45) is 0 Å². The third kappa shape index (κ3) is 3.14. The summed E-state index contributed by atoms with van der Waals surface area (Å²) in [6.07, 6.45) is -0.745. The van der Waals surface area contributed by atoms with Crippen LogP contribution in [0.5, 0.6) is 5.75 Å². The predicted molar refractivity (Wildman–Crippen MR) is 82.6 cm³/mol. The Morgan fingerprint density at radius 3 is 2.15 bits per heavy atom. The van der Waals surface area contributed by atoms with Crippen LogP contribution >= 0.6 is 11.6 Å². The molecule has 3 heteroatoms. The normalized spacial score (nSPS) is 12.5. The van der Waals surface area contributed by atoms with Gasteiger partial charge in [-0.2, -0.15) is 0 Å². The molecular formula is C17H19ClO2. The molecule has 2 aromatic carbocycles. The zero-order valence-electron chi connectivity index (χ0n) is 11.9. The second kappa shape index (κ2) is 6.29. The van der Waals surface area contributed by atoms with Crippen LogP contribution in [0.3, 0.4) is 0 Å². The van der Waals surface area contributed by atoms with E-state index in [-0.39, 0.29) is 0 Å². The summed E-state index contributed by atoms with van der Waals surface area (Å²) >= 11 is 6.01. The smallest absolute Gasteiger partial charge is 0.125 e. The Morgan fingerprint density at radius 2 is 1.60 bits per heavy atom. The van der Waals surface area contributed by atoms with Gasteiger partial charge in [0.2, 0.25) is 0 Å². The molecule has 1 atom stereocenters. The first-order chi connectivity index (χ1) is 9.52. The first-order valence-corrected chi connectivity index (χ1v) is 7.02. The van der Waals surface area contributed by atoms with Gasteiger partial charge in [0.15, 0.2) is 0 Å². The fraction of sp³-hybridized carbons (Fsp3) is 0.294. The molecule has 2 rings (SSSR count). The monoisotopic (exact) mass is 290 g/mol. The molecular weight excluding hydrogens is 272 g/mol. The summed E-state index contributed by atoms with van der Waals surface area (Å²) < 4.78 is 5.29. The number of benzene rings is 2. The van der Waals surface area contributed by atoms with Crippen molar-refractivity contribution < 1.29 is 9.84 Å². The number of methoxy groups -OCH3 is 1. The van der Waals surface area contributed by atoms with E-state index in [1.54, 1.807) is 25.3 Å². The van der Waals surface area contributed by atoms with Gasteiger partial charge in [-0.15, -0.1) is 0 Å². The van der Waals surface area contributed by atoms with Crippen LogP contribution in [0.25, 0.3) is 0 Å². The van der Waals surface area contributed by atoms with E-state index in [1.165, 1.54) is 5.56 Å². The molecule has 0 saturated carbocycles. The zero-order valence-corrected chi connectivity index (χ0v) is 12.7. The number of rotatable bonds is 4. The average molecular weight is 291 g/mol. The van der Waals surface area contributed by atoms with Gasteiger partial charge in [-0.1, -0.05) is 49.7 Å². The molecule has 0 amide bonds. The van der Waals surface area contributed by atoms with Crippen molar-refractivity contribution in [3.63, 3.8) is 0 Å². The highest BCUT2D eigenvalue weighted by Gasteiger charge is 2.16. The van der Waals surface area contributed by atoms with Crippen LogP contribution in [0.1, 0.15) is 42.6 Å². The number of halogens is 1. The van der Waals surface area contributed by atoms with Crippen molar-refractivity contribution in [3.8, 4) is 5.75 Å². The molecule has 0 aliphatic heterocycles. The Labute approximate surface area is 125 Å². The number of hydrogen-bond donors (Lipinski definition) is 1. The Bertz CT molecular complexity index is 576. The van der Waals surface area contributed by atoms with E-state index in [4.69, 9.17) is 16.3 Å². The zero-order chi connectivity index (χ0) is 14.7. The van der Waals surface area contributed by atoms with Crippen molar-refractivity contribution in [2.45, 2.75) is 25.9 Å². The lowest BCUT2D eigenvalue weighted by molar-refractivity contribution is 0.214. The molecule has 0 spiro atoms. The lowest BCUT2D eigenvalue weighted by Crippen LogP contribution is -2.03. The van der Waals surface area contributed by atoms with Crippen LogP contribution in [0.4, 0.5) is 0 Å². The van der Waals surface area contributed by atoms with Gasteiger partial charge in [0.05, 0.1) is 7.11 Å². The van der Waals surface area contributed by atoms with E-state index in [0.29, 0.717) is 22.3 Å². The quantitative estimate of drug-likeness (QED) is 0.895. The maximum Gasteiger partial charge on any atom is 0.125 e. The van der Waals surface area contributed by atoms with Gasteiger partial charge in [-0.25, -0.2) is 0 Å². The van der Waals surface area contributed by atoms with Gasteiger partial charge in [0.25, 0.3) is 0 Å². The Morgan fingerprint density at radius 1 is 1.00 bits per heavy atom. The molecule has 2 aromatic rings. The highest BCUT2D eigenvalue weighted by Crippen LogP contribution is 2.32. The van der Waals surface area contributed by atoms with Crippen molar-refractivity contribution in [3.05, 3.63) is 64.2 Å². The fourth-order valence-corrected chi connectivity index (χ4v) is 2.34. The van der Waals surface area contributed by atoms with Crippen LogP contribution < -0.4 is 4.74 Å². The minimum Gasteiger partial charge on any atom is -0.496 e. The Hall–Kier alpha value is -1.51. The maximum absolute atomic E-state index is 10.5. The van der Waals surface area contributed by atoms with Crippen molar-refractivity contribution in [1.29, 1.82) is 0 Å². The van der Waals surface area contributed by atoms with Crippen LogP contribution in [0, 0.1) is 0 Å². The van der Waals surface area contributed by atoms with E-state index < -0.39 is 6.10 Å². The number of hydrogen-bond acceptors (Lipinski definition) is 2. The van der Waals surface area contributed by atoms with Gasteiger partial charge in [0, 0.05) is 10.6 Å². The lowest BCUT2D eigenvalue weighted by atomic mass is 9.96. The van der Waals surface area contributed by atoms with E-state index >= 15 is 0 Å². The molecule has 0 bridgehead atoms. The van der Waals surface area contributed by atoms with Gasteiger partial charge in [0.1, 0.15) is 11.9 Å². The third-order valence-corrected chi connectivity index (χ3v) is 3.64. The Balaban J connectivity index is 2.35. The second-order valence-electron chi connectivity index (χ2n) is 5.11. The SMILES string of the molecule is COc1ccc(Cl)cc1C(O)c1ccc(C(C)C)cc1. The summed E-state index contributed by atoms with van der Waals surface area (Å²) in [4.78, 5) is 0. The molecule has 0 radical (unpaired) electrons. The third-order valence-electron chi connectivity index (χ3n) is 3.41. The van der Waals surface area contributed by atoms with Gasteiger partial charge < -0.3 is 9.84 Å². The number of aliphatic hydroxyl groups is 1. The number of ether oxygens (including phenoxy) is 1. The van der Waals surface area contributed by atoms with Gasteiger partial charge >= 0.3 is 0 Å². The summed E-state index contributed by atoms with van der Waals surface area (Å²) in [7, 11) is 1.58. The standard InChI is InChI=1S/C17H19ClO2/c1-11(2)12-4-6-13(7-5-12)17(19)15-10-14(18)8-9-16(15)20-3/h4-11,17,19H,1-3H3. The van der Waals surface area contributed by atoms with Crippen molar-refractivity contribution in [1.82, 2.24) is 0 Å². The molecule has 0 aliphatic carbocycles. The van der Waals surface area contributed by atoms with Crippen molar-refractivity contribution >= 4 is 11.6 Å². The minimum absolute atomic E-state index is 0.474. The molecule has 106 valence electrons. The van der Waals surface area contributed by atoms with Crippen LogP contribution in [0.15, 0.2) is 42.5 Å². The predicted octanol–water partition coefficient (Wildman–Crippen LogP) is 4.55. The van der Waals surface area contributed by atoms with Gasteiger partial charge in [-0.05, 0) is 35.2 Å². The minimum atomic E-state index is -0.745. The van der Waals surface area contributed by atoms with Gasteiger partial charge in [-0.3, -0.25) is 0 Å². The highest BCUT2D eigenvalue weighted by atomic mass is 35.5. The first-order valence-electron chi connectivity index (χ1n) is 6.64. The van der Waals surface area contributed by atoms with E-state index in [2.05, 4.69) is 13.8 Å². The first kappa shape index (κ1) is 14.9. The molecule has 0 aliphatic rings. The number of aliphatic hydroxyl groups excluding tert-OH is 1. The van der Waals surface area contributed by atoms with Crippen LogP contribution in [0.2, 0.25) is 5.02 Å². The molecule has 0 saturated heterocycles. The molecule has 2 nitrogen and oxygen atoms in total. The van der Waals surface area contributed by atoms with Crippen molar-refractivity contribution in [2.75, 3.05) is 7.11 Å². The molecule has 0 fully saturated rings. The molecule has 1 unspecified atom stereocenters. The van der Waals surface area contributed by atoms with Crippen LogP contribution in [-0.2, 0) is 0 Å². The molecule has 0 heterocycles. The molecule has 0 aromatic heterocycles. The topological polar surface area (TPSA) is 29.5 Å². The lowest BCUT2D eigenvalue weighted by Gasteiger charge is -2.16. The summed E-state index contributed by atoms with van der Waals surface area (Å²) in [5, 5.41) is 11.1. The maximum atomic E-state index is 10.5. The van der Waals surface area contributed by atoms with E-state index in [9.17, 15) is 5.11 Å². The Kier molecular flexibility index (Phi) is 4.69. The molecule has 20 heavy (non-hydrogen) atoms. The highest BCUT2D eigenvalue weighted by molar-refractivity contribution is 6.30.